The number of nitriles is 1. The van der Waals surface area contributed by atoms with Crippen molar-refractivity contribution >= 4 is 16.7 Å². The van der Waals surface area contributed by atoms with Crippen LogP contribution in [-0.4, -0.2) is 20.7 Å². The van der Waals surface area contributed by atoms with Crippen molar-refractivity contribution in [2.45, 2.75) is 32.1 Å². The lowest BCUT2D eigenvalue weighted by Gasteiger charge is -2.45. The minimum absolute atomic E-state index is 0.0764. The molecule has 2 aliphatic rings. The summed E-state index contributed by atoms with van der Waals surface area (Å²) in [7, 11) is 0. The maximum absolute atomic E-state index is 15.1. The van der Waals surface area contributed by atoms with Crippen molar-refractivity contribution < 1.29 is 13.6 Å². The van der Waals surface area contributed by atoms with Gasteiger partial charge in [-0.05, 0) is 49.1 Å². The van der Waals surface area contributed by atoms with Gasteiger partial charge in [-0.3, -0.25) is 9.78 Å². The molecule has 0 radical (unpaired) electrons. The SMILES string of the molecule is C[C@H]1C(=O)C(C#N)=C[C@@]2(C)c3nc(-c4ccc(F)c5ncccc45)nc(-c4ccccc4F)c3CC[C@H]12. The first-order valence-electron chi connectivity index (χ1n) is 12.2. The highest BCUT2D eigenvalue weighted by molar-refractivity contribution is 6.02. The van der Waals surface area contributed by atoms with E-state index in [2.05, 4.69) is 11.1 Å². The third-order valence-corrected chi connectivity index (χ3v) is 7.93. The maximum atomic E-state index is 15.1. The predicted octanol–water partition coefficient (Wildman–Crippen LogP) is 6.13. The number of pyridine rings is 1. The highest BCUT2D eigenvalue weighted by Crippen LogP contribution is 2.51. The first-order chi connectivity index (χ1) is 17.8. The summed E-state index contributed by atoms with van der Waals surface area (Å²) >= 11 is 0. The van der Waals surface area contributed by atoms with Crippen molar-refractivity contribution in [1.29, 1.82) is 5.26 Å². The van der Waals surface area contributed by atoms with Crippen molar-refractivity contribution in [2.24, 2.45) is 11.8 Å². The van der Waals surface area contributed by atoms with E-state index in [0.29, 0.717) is 46.6 Å². The Kier molecular flexibility index (Phi) is 5.23. The fourth-order valence-electron chi connectivity index (χ4n) is 6.10. The van der Waals surface area contributed by atoms with Gasteiger partial charge in [0.25, 0.3) is 0 Å². The molecule has 0 saturated carbocycles. The highest BCUT2D eigenvalue weighted by Gasteiger charge is 2.49. The van der Waals surface area contributed by atoms with Crippen LogP contribution in [-0.2, 0) is 16.6 Å². The van der Waals surface area contributed by atoms with Gasteiger partial charge in [-0.1, -0.05) is 38.1 Å². The molecule has 6 rings (SSSR count). The zero-order chi connectivity index (χ0) is 25.9. The van der Waals surface area contributed by atoms with Gasteiger partial charge in [0.2, 0.25) is 0 Å². The van der Waals surface area contributed by atoms with Crippen molar-refractivity contribution in [3.63, 3.8) is 0 Å². The summed E-state index contributed by atoms with van der Waals surface area (Å²) < 4.78 is 29.7. The predicted molar refractivity (Wildman–Crippen MR) is 135 cm³/mol. The number of rotatable bonds is 2. The summed E-state index contributed by atoms with van der Waals surface area (Å²) in [5, 5.41) is 10.3. The molecule has 3 atom stereocenters. The smallest absolute Gasteiger partial charge is 0.176 e. The molecule has 5 nitrogen and oxygen atoms in total. The molecule has 2 aromatic carbocycles. The normalized spacial score (nSPS) is 22.7. The van der Waals surface area contributed by atoms with E-state index in [1.807, 2.05) is 13.8 Å². The number of allylic oxidation sites excluding steroid dienone is 2. The fraction of sp³-hybridized carbons (Fsp3) is 0.233. The molecule has 4 aromatic rings. The van der Waals surface area contributed by atoms with Gasteiger partial charge in [0.1, 0.15) is 23.2 Å². The van der Waals surface area contributed by atoms with Gasteiger partial charge in [-0.25, -0.2) is 18.7 Å². The molecule has 0 N–H and O–H groups in total. The van der Waals surface area contributed by atoms with Crippen LogP contribution in [0, 0.1) is 34.8 Å². The van der Waals surface area contributed by atoms with E-state index in [1.54, 1.807) is 42.5 Å². The number of aromatic nitrogens is 3. The average Bonchev–Trinajstić information content (AvgIpc) is 2.91. The highest BCUT2D eigenvalue weighted by atomic mass is 19.1. The molecule has 0 unspecified atom stereocenters. The topological polar surface area (TPSA) is 79.5 Å². The van der Waals surface area contributed by atoms with Gasteiger partial charge >= 0.3 is 0 Å². The number of carbonyl (C=O) groups is 1. The monoisotopic (exact) mass is 492 g/mol. The van der Waals surface area contributed by atoms with Crippen LogP contribution in [0.25, 0.3) is 33.5 Å². The minimum Gasteiger partial charge on any atom is -0.293 e. The number of hydrogen-bond acceptors (Lipinski definition) is 5. The summed E-state index contributed by atoms with van der Waals surface area (Å²) in [6.45, 7) is 3.85. The Morgan fingerprint density at radius 1 is 1.03 bits per heavy atom. The Bertz CT molecular complexity index is 1690. The Morgan fingerprint density at radius 2 is 1.84 bits per heavy atom. The molecule has 0 saturated heterocycles. The van der Waals surface area contributed by atoms with Crippen LogP contribution in [0.4, 0.5) is 8.78 Å². The van der Waals surface area contributed by atoms with Crippen molar-refractivity contribution in [2.75, 3.05) is 0 Å². The van der Waals surface area contributed by atoms with Crippen LogP contribution in [0.1, 0.15) is 31.5 Å². The lowest BCUT2D eigenvalue weighted by atomic mass is 9.57. The summed E-state index contributed by atoms with van der Waals surface area (Å²) in [6, 6.07) is 14.9. The van der Waals surface area contributed by atoms with E-state index in [0.717, 1.165) is 5.56 Å². The second-order valence-corrected chi connectivity index (χ2v) is 9.95. The second kappa shape index (κ2) is 8.38. The summed E-state index contributed by atoms with van der Waals surface area (Å²) in [5.74, 6) is -1.15. The molecule has 0 bridgehead atoms. The Balaban J connectivity index is 1.70. The van der Waals surface area contributed by atoms with E-state index in [1.165, 1.54) is 18.3 Å². The molecular weight excluding hydrogens is 470 g/mol. The number of ketones is 1. The summed E-state index contributed by atoms with van der Waals surface area (Å²) in [6.07, 6.45) is 4.50. The molecule has 0 amide bonds. The van der Waals surface area contributed by atoms with Crippen molar-refractivity contribution in [3.8, 4) is 28.7 Å². The Labute approximate surface area is 212 Å². The van der Waals surface area contributed by atoms with Gasteiger partial charge in [0, 0.05) is 39.6 Å². The number of benzene rings is 2. The molecule has 182 valence electrons. The summed E-state index contributed by atoms with van der Waals surface area (Å²) in [4.78, 5) is 26.9. The van der Waals surface area contributed by atoms with Crippen LogP contribution in [0.2, 0.25) is 0 Å². The number of hydrogen-bond donors (Lipinski definition) is 0. The van der Waals surface area contributed by atoms with E-state index in [4.69, 9.17) is 9.97 Å². The van der Waals surface area contributed by atoms with E-state index < -0.39 is 17.0 Å². The Hall–Kier alpha value is -4.31. The maximum Gasteiger partial charge on any atom is 0.176 e. The molecule has 0 spiro atoms. The number of fused-ring (bicyclic) bond motifs is 4. The minimum atomic E-state index is -0.738. The second-order valence-electron chi connectivity index (χ2n) is 9.95. The van der Waals surface area contributed by atoms with Crippen LogP contribution >= 0.6 is 0 Å². The van der Waals surface area contributed by atoms with E-state index >= 15 is 4.39 Å². The van der Waals surface area contributed by atoms with E-state index in [9.17, 15) is 14.4 Å². The van der Waals surface area contributed by atoms with Crippen molar-refractivity contribution in [3.05, 3.63) is 89.3 Å². The first kappa shape index (κ1) is 23.1. The molecule has 7 heteroatoms. The van der Waals surface area contributed by atoms with Gasteiger partial charge in [-0.15, -0.1) is 0 Å². The van der Waals surface area contributed by atoms with E-state index in [-0.39, 0.29) is 28.7 Å². The molecule has 2 aromatic heterocycles. The standard InChI is InChI=1S/C30H22F2N4O/c1-16-22-11-9-21-25(20-6-3-4-8-23(20)31)35-29(19-10-12-24(32)26-18(19)7-5-13-34-26)36-28(21)30(22,2)14-17(15-33)27(16)37/h3-8,10,12-14,16,22H,9,11H2,1-2H3/t16-,22-,30-/m1/s1. The molecular formula is C30H22F2N4O. The van der Waals surface area contributed by atoms with Crippen molar-refractivity contribution in [1.82, 2.24) is 15.0 Å². The molecule has 2 aliphatic carbocycles. The fourth-order valence-corrected chi connectivity index (χ4v) is 6.10. The number of carbonyl (C=O) groups excluding carboxylic acids is 1. The molecule has 0 fully saturated rings. The largest absolute Gasteiger partial charge is 0.293 e. The summed E-state index contributed by atoms with van der Waals surface area (Å²) in [5.41, 5.74) is 2.42. The third-order valence-electron chi connectivity index (χ3n) is 7.93. The third kappa shape index (κ3) is 3.40. The van der Waals surface area contributed by atoms with Gasteiger partial charge in [0.05, 0.1) is 17.0 Å². The van der Waals surface area contributed by atoms with Crippen LogP contribution in [0.5, 0.6) is 0 Å². The van der Waals surface area contributed by atoms with Crippen LogP contribution in [0.15, 0.2) is 66.4 Å². The number of nitrogens with zero attached hydrogens (tertiary/aromatic N) is 4. The lowest BCUT2D eigenvalue weighted by molar-refractivity contribution is -0.121. The lowest BCUT2D eigenvalue weighted by Crippen LogP contribution is -2.46. The van der Waals surface area contributed by atoms with Gasteiger partial charge < -0.3 is 0 Å². The Morgan fingerprint density at radius 3 is 2.62 bits per heavy atom. The number of halogens is 2. The zero-order valence-corrected chi connectivity index (χ0v) is 20.3. The van der Waals surface area contributed by atoms with Crippen LogP contribution < -0.4 is 0 Å². The van der Waals surface area contributed by atoms with Crippen LogP contribution in [0.3, 0.4) is 0 Å². The van der Waals surface area contributed by atoms with Gasteiger partial charge in [-0.2, -0.15) is 5.26 Å². The quantitative estimate of drug-likeness (QED) is 0.337. The first-order valence-corrected chi connectivity index (χ1v) is 12.2. The van der Waals surface area contributed by atoms with Gasteiger partial charge in [0.15, 0.2) is 11.6 Å². The molecule has 0 aliphatic heterocycles. The number of Topliss-reactive ketones (excluding diaryl/α,β-unsaturated/α-hetero) is 1. The zero-order valence-electron chi connectivity index (χ0n) is 20.3. The average molecular weight is 493 g/mol. The molecule has 2 heterocycles. The molecule has 37 heavy (non-hydrogen) atoms.